The molecule has 1 heterocycles. The summed E-state index contributed by atoms with van der Waals surface area (Å²) in [6, 6.07) is 5.44. The molecule has 1 aromatic heterocycles. The van der Waals surface area contributed by atoms with Crippen LogP contribution in [0.5, 0.6) is 0 Å². The van der Waals surface area contributed by atoms with Gasteiger partial charge in [0.2, 0.25) is 5.90 Å². The van der Waals surface area contributed by atoms with Crippen molar-refractivity contribution >= 4 is 22.6 Å². The zero-order chi connectivity index (χ0) is 10.8. The number of nitrogen functional groups attached to an aromatic ring is 1. The number of rotatable bonds is 2. The van der Waals surface area contributed by atoms with Crippen molar-refractivity contribution < 1.29 is 4.74 Å². The maximum Gasteiger partial charge on any atom is 0.213 e. The second kappa shape index (κ2) is 3.61. The molecular formula is C10H12N4O. The van der Waals surface area contributed by atoms with Gasteiger partial charge in [-0.3, -0.25) is 10.5 Å². The molecule has 0 fully saturated rings. The number of benzene rings is 1. The van der Waals surface area contributed by atoms with Crippen molar-refractivity contribution in [1.29, 1.82) is 5.41 Å². The predicted octanol–water partition coefficient (Wildman–Crippen LogP) is 1.51. The van der Waals surface area contributed by atoms with Crippen molar-refractivity contribution in [3.05, 3.63) is 23.8 Å². The van der Waals surface area contributed by atoms with Crippen molar-refractivity contribution in [2.45, 2.75) is 6.92 Å². The summed E-state index contributed by atoms with van der Waals surface area (Å²) < 4.78 is 5.11. The van der Waals surface area contributed by atoms with Crippen LogP contribution < -0.4 is 5.73 Å². The Morgan fingerprint density at radius 2 is 2.40 bits per heavy atom. The number of aromatic nitrogens is 2. The van der Waals surface area contributed by atoms with E-state index in [2.05, 4.69) is 10.2 Å². The SMILES string of the molecule is CCOC(=N)c1ccc2[nH]nc(N)c2c1. The Hall–Kier alpha value is -2.04. The second-order valence-electron chi connectivity index (χ2n) is 3.13. The van der Waals surface area contributed by atoms with Crippen LogP contribution in [-0.2, 0) is 4.74 Å². The van der Waals surface area contributed by atoms with Crippen LogP contribution in [0.25, 0.3) is 10.9 Å². The monoisotopic (exact) mass is 204 g/mol. The molecule has 0 atom stereocenters. The molecule has 0 bridgehead atoms. The van der Waals surface area contributed by atoms with Crippen molar-refractivity contribution in [2.24, 2.45) is 0 Å². The summed E-state index contributed by atoms with van der Waals surface area (Å²) in [5, 5.41) is 15.1. The molecule has 78 valence electrons. The van der Waals surface area contributed by atoms with Crippen LogP contribution in [0.3, 0.4) is 0 Å². The Balaban J connectivity index is 2.45. The molecule has 5 heteroatoms. The Kier molecular flexibility index (Phi) is 2.29. The van der Waals surface area contributed by atoms with E-state index in [0.29, 0.717) is 18.0 Å². The van der Waals surface area contributed by atoms with E-state index in [-0.39, 0.29) is 5.90 Å². The van der Waals surface area contributed by atoms with Crippen molar-refractivity contribution in [3.63, 3.8) is 0 Å². The summed E-state index contributed by atoms with van der Waals surface area (Å²) in [5.41, 5.74) is 7.23. The molecule has 0 radical (unpaired) electrons. The summed E-state index contributed by atoms with van der Waals surface area (Å²) >= 11 is 0. The lowest BCUT2D eigenvalue weighted by Gasteiger charge is -2.04. The quantitative estimate of drug-likeness (QED) is 0.511. The highest BCUT2D eigenvalue weighted by Crippen LogP contribution is 2.19. The number of aromatic amines is 1. The number of nitrogens with one attached hydrogen (secondary N) is 2. The molecule has 4 N–H and O–H groups in total. The first-order valence-electron chi connectivity index (χ1n) is 4.67. The lowest BCUT2D eigenvalue weighted by Crippen LogP contribution is -2.04. The van der Waals surface area contributed by atoms with Gasteiger partial charge in [-0.2, -0.15) is 5.10 Å². The molecule has 2 aromatic rings. The average molecular weight is 204 g/mol. The highest BCUT2D eigenvalue weighted by molar-refractivity contribution is 5.98. The molecule has 0 aliphatic heterocycles. The number of anilines is 1. The molecular weight excluding hydrogens is 192 g/mol. The molecule has 5 nitrogen and oxygen atoms in total. The number of nitrogens with zero attached hydrogens (tertiary/aromatic N) is 1. The second-order valence-corrected chi connectivity index (χ2v) is 3.13. The molecule has 0 amide bonds. The van der Waals surface area contributed by atoms with Crippen LogP contribution in [0, 0.1) is 5.41 Å². The lowest BCUT2D eigenvalue weighted by atomic mass is 10.1. The molecule has 0 saturated carbocycles. The minimum atomic E-state index is 0.153. The molecule has 15 heavy (non-hydrogen) atoms. The summed E-state index contributed by atoms with van der Waals surface area (Å²) in [6.07, 6.45) is 0. The number of hydrogen-bond acceptors (Lipinski definition) is 4. The maximum atomic E-state index is 7.63. The average Bonchev–Trinajstić information content (AvgIpc) is 2.60. The number of nitrogens with two attached hydrogens (primary N) is 1. The van der Waals surface area contributed by atoms with Gasteiger partial charge in [-0.05, 0) is 25.1 Å². The minimum Gasteiger partial charge on any atom is -0.478 e. The van der Waals surface area contributed by atoms with Crippen LogP contribution in [0.1, 0.15) is 12.5 Å². The normalized spacial score (nSPS) is 10.5. The molecule has 0 spiro atoms. The maximum absolute atomic E-state index is 7.63. The molecule has 0 unspecified atom stereocenters. The number of H-pyrrole nitrogens is 1. The van der Waals surface area contributed by atoms with Crippen LogP contribution in [0.15, 0.2) is 18.2 Å². The van der Waals surface area contributed by atoms with Crippen molar-refractivity contribution in [1.82, 2.24) is 10.2 Å². The molecule has 0 saturated heterocycles. The van der Waals surface area contributed by atoms with Gasteiger partial charge in [0.05, 0.1) is 12.1 Å². The van der Waals surface area contributed by atoms with Gasteiger partial charge < -0.3 is 10.5 Å². The number of hydrogen-bond donors (Lipinski definition) is 3. The van der Waals surface area contributed by atoms with Gasteiger partial charge in [-0.1, -0.05) is 0 Å². The van der Waals surface area contributed by atoms with E-state index >= 15 is 0 Å². The van der Waals surface area contributed by atoms with Gasteiger partial charge in [0, 0.05) is 10.9 Å². The van der Waals surface area contributed by atoms with Gasteiger partial charge in [-0.15, -0.1) is 0 Å². The van der Waals surface area contributed by atoms with E-state index < -0.39 is 0 Å². The fraction of sp³-hybridized carbons (Fsp3) is 0.200. The van der Waals surface area contributed by atoms with Crippen molar-refractivity contribution in [2.75, 3.05) is 12.3 Å². The van der Waals surface area contributed by atoms with E-state index in [1.165, 1.54) is 0 Å². The Morgan fingerprint density at radius 1 is 1.60 bits per heavy atom. The largest absolute Gasteiger partial charge is 0.478 e. The van der Waals surface area contributed by atoms with E-state index in [4.69, 9.17) is 15.9 Å². The van der Waals surface area contributed by atoms with E-state index in [1.807, 2.05) is 13.0 Å². The van der Waals surface area contributed by atoms with Crippen molar-refractivity contribution in [3.8, 4) is 0 Å². The topological polar surface area (TPSA) is 87.8 Å². The van der Waals surface area contributed by atoms with Gasteiger partial charge in [0.15, 0.2) is 5.82 Å². The summed E-state index contributed by atoms with van der Waals surface area (Å²) in [4.78, 5) is 0. The van der Waals surface area contributed by atoms with E-state index in [0.717, 1.165) is 10.9 Å². The first-order valence-corrected chi connectivity index (χ1v) is 4.67. The molecule has 0 aliphatic rings. The van der Waals surface area contributed by atoms with Gasteiger partial charge in [-0.25, -0.2) is 0 Å². The number of ether oxygens (including phenoxy) is 1. The minimum absolute atomic E-state index is 0.153. The zero-order valence-corrected chi connectivity index (χ0v) is 8.37. The van der Waals surface area contributed by atoms with Gasteiger partial charge in [0.25, 0.3) is 0 Å². The number of fused-ring (bicyclic) bond motifs is 1. The fourth-order valence-electron chi connectivity index (χ4n) is 1.40. The first-order chi connectivity index (χ1) is 7.22. The van der Waals surface area contributed by atoms with Gasteiger partial charge >= 0.3 is 0 Å². The lowest BCUT2D eigenvalue weighted by molar-refractivity contribution is 0.325. The molecule has 0 aliphatic carbocycles. The summed E-state index contributed by atoms with van der Waals surface area (Å²) in [7, 11) is 0. The standard InChI is InChI=1S/C10H12N4O/c1-2-15-10(12)6-3-4-8-7(5-6)9(11)14-13-8/h3-5,12H,2H2,1H3,(H3,11,13,14). The van der Waals surface area contributed by atoms with Gasteiger partial charge in [0.1, 0.15) is 0 Å². The third kappa shape index (κ3) is 1.63. The predicted molar refractivity (Wildman–Crippen MR) is 59.0 cm³/mol. The summed E-state index contributed by atoms with van der Waals surface area (Å²) in [6.45, 7) is 2.33. The van der Waals surface area contributed by atoms with E-state index in [9.17, 15) is 0 Å². The smallest absolute Gasteiger partial charge is 0.213 e. The molecule has 2 rings (SSSR count). The zero-order valence-electron chi connectivity index (χ0n) is 8.37. The highest BCUT2D eigenvalue weighted by atomic mass is 16.5. The third-order valence-corrected chi connectivity index (χ3v) is 2.14. The fourth-order valence-corrected chi connectivity index (χ4v) is 1.40. The molecule has 1 aromatic carbocycles. The van der Waals surface area contributed by atoms with Crippen LogP contribution in [0.4, 0.5) is 5.82 Å². The third-order valence-electron chi connectivity index (χ3n) is 2.14. The Morgan fingerprint density at radius 3 is 3.13 bits per heavy atom. The Bertz CT molecular complexity index is 503. The highest BCUT2D eigenvalue weighted by Gasteiger charge is 2.06. The first kappa shape index (κ1) is 9.51. The summed E-state index contributed by atoms with van der Waals surface area (Å²) in [5.74, 6) is 0.594. The van der Waals surface area contributed by atoms with Crippen LogP contribution in [-0.4, -0.2) is 22.7 Å². The van der Waals surface area contributed by atoms with Crippen LogP contribution >= 0.6 is 0 Å². The van der Waals surface area contributed by atoms with Crippen LogP contribution in [0.2, 0.25) is 0 Å². The van der Waals surface area contributed by atoms with E-state index in [1.54, 1.807) is 12.1 Å². The Labute approximate surface area is 86.7 Å².